The molecule has 0 bridgehead atoms. The lowest BCUT2D eigenvalue weighted by molar-refractivity contribution is -0.124. The van der Waals surface area contributed by atoms with E-state index in [0.29, 0.717) is 23.5 Å². The van der Waals surface area contributed by atoms with Gasteiger partial charge in [-0.25, -0.2) is 4.98 Å². The van der Waals surface area contributed by atoms with Crippen LogP contribution in [0.25, 0.3) is 11.1 Å². The molecule has 4 rings (SSSR count). The van der Waals surface area contributed by atoms with Crippen LogP contribution >= 0.6 is 0 Å². The minimum absolute atomic E-state index is 0.132. The first-order valence-electron chi connectivity index (χ1n) is 12.2. The van der Waals surface area contributed by atoms with Crippen molar-refractivity contribution in [3.05, 3.63) is 89.8 Å². The Labute approximate surface area is 216 Å². The minimum Gasteiger partial charge on any atom is -0.324 e. The third-order valence-corrected chi connectivity index (χ3v) is 6.40. The van der Waals surface area contributed by atoms with Gasteiger partial charge in [0.1, 0.15) is 17.6 Å². The van der Waals surface area contributed by atoms with Gasteiger partial charge in [0.2, 0.25) is 11.8 Å². The molecule has 0 saturated carbocycles. The smallest absolute Gasteiger partial charge is 0.276 e. The molecule has 3 N–H and O–H groups in total. The number of hydrogen-bond acceptors (Lipinski definition) is 5. The summed E-state index contributed by atoms with van der Waals surface area (Å²) in [5.41, 5.74) is 4.04. The van der Waals surface area contributed by atoms with Crippen LogP contribution in [0.3, 0.4) is 0 Å². The second-order valence-electron chi connectivity index (χ2n) is 9.16. The number of anilines is 2. The van der Waals surface area contributed by atoms with E-state index in [1.807, 2.05) is 60.7 Å². The SMILES string of the molecule is CN[C@@H](C)C(=O)NC(C(=O)N1c2ncccc2C[C@H]1C(=O)Nc1ccccc1-c1ccccc1)=C(C)C. The lowest BCUT2D eigenvalue weighted by atomic mass is 10.0. The van der Waals surface area contributed by atoms with Gasteiger partial charge in [0.15, 0.2) is 0 Å². The topological polar surface area (TPSA) is 103 Å². The van der Waals surface area contributed by atoms with Crippen LogP contribution in [0.5, 0.6) is 0 Å². The van der Waals surface area contributed by atoms with Gasteiger partial charge in [-0.1, -0.05) is 54.6 Å². The molecular formula is C29H31N5O3. The third kappa shape index (κ3) is 5.44. The number of hydrogen-bond donors (Lipinski definition) is 3. The Kier molecular flexibility index (Phi) is 7.79. The zero-order valence-electron chi connectivity index (χ0n) is 21.4. The second-order valence-corrected chi connectivity index (χ2v) is 9.16. The Bertz CT molecular complexity index is 1350. The first-order chi connectivity index (χ1) is 17.8. The number of nitrogens with one attached hydrogen (secondary N) is 3. The summed E-state index contributed by atoms with van der Waals surface area (Å²) in [6.07, 6.45) is 1.90. The van der Waals surface area contributed by atoms with Crippen molar-refractivity contribution in [1.82, 2.24) is 15.6 Å². The second kappa shape index (κ2) is 11.2. The van der Waals surface area contributed by atoms with Crippen LogP contribution in [-0.4, -0.2) is 41.8 Å². The highest BCUT2D eigenvalue weighted by Gasteiger charge is 2.41. The van der Waals surface area contributed by atoms with E-state index in [4.69, 9.17) is 0 Å². The van der Waals surface area contributed by atoms with Crippen LogP contribution < -0.4 is 20.9 Å². The van der Waals surface area contributed by atoms with E-state index >= 15 is 0 Å². The summed E-state index contributed by atoms with van der Waals surface area (Å²) in [5, 5.41) is 8.65. The predicted molar refractivity (Wildman–Crippen MR) is 145 cm³/mol. The molecule has 190 valence electrons. The largest absolute Gasteiger partial charge is 0.324 e. The number of fused-ring (bicyclic) bond motifs is 1. The molecule has 3 amide bonds. The minimum atomic E-state index is -0.839. The van der Waals surface area contributed by atoms with Crippen molar-refractivity contribution in [3.8, 4) is 11.1 Å². The summed E-state index contributed by atoms with van der Waals surface area (Å²) in [6.45, 7) is 5.20. The molecule has 3 aromatic rings. The molecule has 8 nitrogen and oxygen atoms in total. The summed E-state index contributed by atoms with van der Waals surface area (Å²) < 4.78 is 0. The van der Waals surface area contributed by atoms with E-state index < -0.39 is 18.0 Å². The Morgan fingerprint density at radius 2 is 1.68 bits per heavy atom. The number of carbonyl (C=O) groups is 3. The van der Waals surface area contributed by atoms with Gasteiger partial charge in [0, 0.05) is 23.9 Å². The van der Waals surface area contributed by atoms with Gasteiger partial charge < -0.3 is 16.0 Å². The highest BCUT2D eigenvalue weighted by molar-refractivity contribution is 6.14. The fourth-order valence-corrected chi connectivity index (χ4v) is 4.25. The van der Waals surface area contributed by atoms with Gasteiger partial charge >= 0.3 is 0 Å². The molecule has 0 unspecified atom stereocenters. The van der Waals surface area contributed by atoms with Crippen LogP contribution in [0.2, 0.25) is 0 Å². The number of allylic oxidation sites excluding steroid dienone is 1. The lowest BCUT2D eigenvalue weighted by Crippen LogP contribution is -2.50. The number of amides is 3. The molecule has 2 heterocycles. The van der Waals surface area contributed by atoms with Gasteiger partial charge in [-0.05, 0) is 56.7 Å². The summed E-state index contributed by atoms with van der Waals surface area (Å²) >= 11 is 0. The Hall–Kier alpha value is -4.30. The van der Waals surface area contributed by atoms with Crippen LogP contribution in [0.4, 0.5) is 11.5 Å². The number of carbonyl (C=O) groups excluding carboxylic acids is 3. The van der Waals surface area contributed by atoms with Crippen molar-refractivity contribution in [2.24, 2.45) is 0 Å². The average Bonchev–Trinajstić information content (AvgIpc) is 3.31. The van der Waals surface area contributed by atoms with E-state index in [1.165, 1.54) is 4.90 Å². The standard InChI is InChI=1S/C29H31N5O3/c1-18(2)25(33-27(35)19(3)30-4)29(37)34-24(17-21-13-10-16-31-26(21)34)28(36)32-23-15-9-8-14-22(23)20-11-6-5-7-12-20/h5-16,19,24,30H,17H2,1-4H3,(H,32,36)(H,33,35)/t19-,24-/m0/s1. The first kappa shape index (κ1) is 25.8. The van der Waals surface area contributed by atoms with E-state index in [1.54, 1.807) is 40.1 Å². The summed E-state index contributed by atoms with van der Waals surface area (Å²) in [5.74, 6) is -0.743. The van der Waals surface area contributed by atoms with Gasteiger partial charge in [0.25, 0.3) is 5.91 Å². The van der Waals surface area contributed by atoms with Crippen molar-refractivity contribution >= 4 is 29.2 Å². The fraction of sp³-hybridized carbons (Fsp3) is 0.241. The maximum absolute atomic E-state index is 13.9. The van der Waals surface area contributed by atoms with Crippen LogP contribution in [0, 0.1) is 0 Å². The molecule has 1 aliphatic heterocycles. The summed E-state index contributed by atoms with van der Waals surface area (Å²) in [7, 11) is 1.67. The summed E-state index contributed by atoms with van der Waals surface area (Å²) in [6, 6.07) is 19.6. The van der Waals surface area contributed by atoms with Gasteiger partial charge in [-0.15, -0.1) is 0 Å². The molecule has 0 fully saturated rings. The molecule has 0 radical (unpaired) electrons. The highest BCUT2D eigenvalue weighted by atomic mass is 16.2. The first-order valence-corrected chi connectivity index (χ1v) is 12.2. The van der Waals surface area contributed by atoms with Crippen LogP contribution in [0.1, 0.15) is 26.3 Å². The van der Waals surface area contributed by atoms with Crippen LogP contribution in [-0.2, 0) is 20.8 Å². The number of benzene rings is 2. The van der Waals surface area contributed by atoms with E-state index in [-0.39, 0.29) is 17.5 Å². The van der Waals surface area contributed by atoms with E-state index in [2.05, 4.69) is 20.9 Å². The molecule has 1 aromatic heterocycles. The van der Waals surface area contributed by atoms with Crippen molar-refractivity contribution in [3.63, 3.8) is 0 Å². The normalized spacial score (nSPS) is 14.9. The van der Waals surface area contributed by atoms with E-state index in [0.717, 1.165) is 16.7 Å². The Morgan fingerprint density at radius 1 is 0.973 bits per heavy atom. The number of nitrogens with zero attached hydrogens (tertiary/aromatic N) is 2. The van der Waals surface area contributed by atoms with Crippen molar-refractivity contribution in [2.45, 2.75) is 39.3 Å². The fourth-order valence-electron chi connectivity index (χ4n) is 4.25. The number of rotatable bonds is 7. The third-order valence-electron chi connectivity index (χ3n) is 6.40. The van der Waals surface area contributed by atoms with E-state index in [9.17, 15) is 14.4 Å². The molecule has 1 aliphatic rings. The van der Waals surface area contributed by atoms with Gasteiger partial charge in [-0.2, -0.15) is 0 Å². The number of para-hydroxylation sites is 1. The zero-order chi connectivity index (χ0) is 26.5. The Balaban J connectivity index is 1.67. The molecule has 37 heavy (non-hydrogen) atoms. The van der Waals surface area contributed by atoms with Crippen molar-refractivity contribution in [1.29, 1.82) is 0 Å². The predicted octanol–water partition coefficient (Wildman–Crippen LogP) is 3.66. The highest BCUT2D eigenvalue weighted by Crippen LogP contribution is 2.33. The van der Waals surface area contributed by atoms with Gasteiger partial charge in [0.05, 0.1) is 6.04 Å². The summed E-state index contributed by atoms with van der Waals surface area (Å²) in [4.78, 5) is 46.0. The maximum atomic E-state index is 13.9. The molecule has 2 aromatic carbocycles. The quantitative estimate of drug-likeness (QED) is 0.432. The molecular weight excluding hydrogens is 466 g/mol. The maximum Gasteiger partial charge on any atom is 0.276 e. The number of likely N-dealkylation sites (N-methyl/N-ethyl adjacent to an activating group) is 1. The number of aromatic nitrogens is 1. The molecule has 8 heteroatoms. The van der Waals surface area contributed by atoms with Gasteiger partial charge in [-0.3, -0.25) is 19.3 Å². The lowest BCUT2D eigenvalue weighted by Gasteiger charge is -2.26. The van der Waals surface area contributed by atoms with Crippen molar-refractivity contribution < 1.29 is 14.4 Å². The number of pyridine rings is 1. The zero-order valence-corrected chi connectivity index (χ0v) is 21.4. The van der Waals surface area contributed by atoms with Crippen LogP contribution in [0.15, 0.2) is 84.2 Å². The average molecular weight is 498 g/mol. The molecule has 0 spiro atoms. The molecule has 0 saturated heterocycles. The molecule has 0 aliphatic carbocycles. The molecule has 2 atom stereocenters. The Morgan fingerprint density at radius 3 is 2.38 bits per heavy atom. The van der Waals surface area contributed by atoms with Crippen molar-refractivity contribution in [2.75, 3.05) is 17.3 Å². The monoisotopic (exact) mass is 497 g/mol.